The fourth-order valence-electron chi connectivity index (χ4n) is 4.43. The molecule has 7 heteroatoms. The third kappa shape index (κ3) is 4.67. The average molecular weight is 428 g/mol. The summed E-state index contributed by atoms with van der Waals surface area (Å²) in [6, 6.07) is 9.36. The molecule has 0 spiro atoms. The largest absolute Gasteiger partial charge is 0.495 e. The van der Waals surface area contributed by atoms with Crippen LogP contribution in [0.1, 0.15) is 38.8 Å². The van der Waals surface area contributed by atoms with Gasteiger partial charge in [0.1, 0.15) is 18.5 Å². The fourth-order valence-corrected chi connectivity index (χ4v) is 4.43. The molecular weight excluding hydrogens is 397 g/mol. The maximum atomic E-state index is 15.1. The molecule has 0 bridgehead atoms. The maximum absolute atomic E-state index is 15.1. The van der Waals surface area contributed by atoms with Crippen molar-refractivity contribution >= 4 is 11.7 Å². The number of benzene rings is 2. The number of hydrogen-bond donors (Lipinski definition) is 1. The zero-order valence-electron chi connectivity index (χ0n) is 18.2. The molecule has 2 aromatic carbocycles. The van der Waals surface area contributed by atoms with Crippen molar-refractivity contribution in [2.75, 3.05) is 52.1 Å². The minimum atomic E-state index is -1.07. The van der Waals surface area contributed by atoms with Gasteiger partial charge in [0.25, 0.3) is 0 Å². The fraction of sp³-hybridized carbons (Fsp3) is 0.458. The van der Waals surface area contributed by atoms with Gasteiger partial charge in [-0.05, 0) is 48.2 Å². The highest BCUT2D eigenvalue weighted by atomic mass is 19.1. The number of nitrogens with zero attached hydrogens (tertiary/aromatic N) is 2. The second-order valence-electron chi connectivity index (χ2n) is 8.32. The third-order valence-electron chi connectivity index (χ3n) is 6.44. The maximum Gasteiger partial charge on any atom is 0.338 e. The van der Waals surface area contributed by atoms with Crippen LogP contribution >= 0.6 is 0 Å². The smallest absolute Gasteiger partial charge is 0.338 e. The van der Waals surface area contributed by atoms with Crippen LogP contribution in [0.25, 0.3) is 0 Å². The molecule has 0 saturated carbocycles. The summed E-state index contributed by atoms with van der Waals surface area (Å²) in [5.74, 6) is 0.405. The van der Waals surface area contributed by atoms with Crippen LogP contribution in [0.3, 0.4) is 0 Å². The Balaban J connectivity index is 1.27. The number of rotatable bonds is 7. The Bertz CT molecular complexity index is 957. The average Bonchev–Trinajstić information content (AvgIpc) is 3.16. The van der Waals surface area contributed by atoms with Gasteiger partial charge in [0.05, 0.1) is 18.4 Å². The van der Waals surface area contributed by atoms with Crippen molar-refractivity contribution in [1.29, 1.82) is 0 Å². The number of carbonyl (C=O) groups is 1. The quantitative estimate of drug-likeness (QED) is 0.541. The Hall–Kier alpha value is -2.64. The van der Waals surface area contributed by atoms with Crippen LogP contribution in [0, 0.1) is 6.92 Å². The highest BCUT2D eigenvalue weighted by Crippen LogP contribution is 2.31. The lowest BCUT2D eigenvalue weighted by atomic mass is 9.95. The Morgan fingerprint density at radius 2 is 1.90 bits per heavy atom. The van der Waals surface area contributed by atoms with Crippen LogP contribution in [0.5, 0.6) is 5.75 Å². The summed E-state index contributed by atoms with van der Waals surface area (Å²) in [5.41, 5.74) is 10.6. The van der Waals surface area contributed by atoms with E-state index in [1.807, 2.05) is 25.1 Å². The minimum Gasteiger partial charge on any atom is -0.495 e. The SMILES string of the molecule is COc1cc(CCN2CCN(CC(F)c3ccc4c(c3C)COC4=O)CC2)ccc1N. The lowest BCUT2D eigenvalue weighted by Gasteiger charge is -2.35. The predicted octanol–water partition coefficient (Wildman–Crippen LogP) is 3.13. The summed E-state index contributed by atoms with van der Waals surface area (Å²) in [7, 11) is 1.63. The van der Waals surface area contributed by atoms with Gasteiger partial charge in [-0.15, -0.1) is 0 Å². The zero-order chi connectivity index (χ0) is 22.0. The Morgan fingerprint density at radius 3 is 2.65 bits per heavy atom. The molecule has 2 heterocycles. The van der Waals surface area contributed by atoms with Crippen LogP contribution in [0.2, 0.25) is 0 Å². The van der Waals surface area contributed by atoms with Crippen molar-refractivity contribution in [3.63, 3.8) is 0 Å². The molecule has 0 aromatic heterocycles. The second-order valence-corrected chi connectivity index (χ2v) is 8.32. The van der Waals surface area contributed by atoms with Gasteiger partial charge >= 0.3 is 5.97 Å². The number of nitrogens with two attached hydrogens (primary N) is 1. The van der Waals surface area contributed by atoms with E-state index in [4.69, 9.17) is 15.2 Å². The number of hydrogen-bond acceptors (Lipinski definition) is 6. The summed E-state index contributed by atoms with van der Waals surface area (Å²) < 4.78 is 25.5. The number of fused-ring (bicyclic) bond motifs is 1. The summed E-state index contributed by atoms with van der Waals surface area (Å²) in [6.07, 6.45) is -0.146. The minimum absolute atomic E-state index is 0.249. The van der Waals surface area contributed by atoms with E-state index < -0.39 is 6.17 Å². The molecule has 2 aromatic rings. The molecular formula is C24H30FN3O3. The lowest BCUT2D eigenvalue weighted by Crippen LogP contribution is -2.47. The van der Waals surface area contributed by atoms with Crippen LogP contribution in [-0.4, -0.2) is 62.1 Å². The van der Waals surface area contributed by atoms with Crippen molar-refractivity contribution in [2.45, 2.75) is 26.1 Å². The van der Waals surface area contributed by atoms with Gasteiger partial charge in [-0.25, -0.2) is 9.18 Å². The number of cyclic esters (lactones) is 1. The first-order chi connectivity index (χ1) is 15.0. The molecule has 0 radical (unpaired) electrons. The van der Waals surface area contributed by atoms with Crippen LogP contribution in [-0.2, 0) is 17.8 Å². The summed E-state index contributed by atoms with van der Waals surface area (Å²) in [4.78, 5) is 16.3. The monoisotopic (exact) mass is 427 g/mol. The zero-order valence-corrected chi connectivity index (χ0v) is 18.2. The van der Waals surface area contributed by atoms with Crippen molar-refractivity contribution in [3.05, 3.63) is 58.1 Å². The van der Waals surface area contributed by atoms with Gasteiger partial charge in [0.15, 0.2) is 0 Å². The van der Waals surface area contributed by atoms with Gasteiger partial charge in [0.2, 0.25) is 0 Å². The van der Waals surface area contributed by atoms with Crippen molar-refractivity contribution in [2.24, 2.45) is 0 Å². The van der Waals surface area contributed by atoms with Gasteiger partial charge in [-0.3, -0.25) is 4.90 Å². The number of alkyl halides is 1. The molecule has 0 amide bonds. The second kappa shape index (κ2) is 9.24. The molecule has 1 atom stereocenters. The predicted molar refractivity (Wildman–Crippen MR) is 118 cm³/mol. The first kappa shape index (κ1) is 21.6. The molecule has 166 valence electrons. The molecule has 2 aliphatic rings. The number of piperazine rings is 1. The first-order valence-corrected chi connectivity index (χ1v) is 10.8. The van der Waals surface area contributed by atoms with E-state index in [2.05, 4.69) is 9.80 Å². The van der Waals surface area contributed by atoms with Gasteiger partial charge in [0, 0.05) is 44.8 Å². The molecule has 2 N–H and O–H groups in total. The Labute approximate surface area is 182 Å². The van der Waals surface area contributed by atoms with Crippen molar-refractivity contribution in [3.8, 4) is 5.75 Å². The topological polar surface area (TPSA) is 68.0 Å². The van der Waals surface area contributed by atoms with E-state index in [0.29, 0.717) is 29.1 Å². The van der Waals surface area contributed by atoms with Crippen LogP contribution in [0.4, 0.5) is 10.1 Å². The first-order valence-electron chi connectivity index (χ1n) is 10.8. The molecule has 1 fully saturated rings. The van der Waals surface area contributed by atoms with E-state index in [1.54, 1.807) is 19.2 Å². The van der Waals surface area contributed by atoms with E-state index in [9.17, 15) is 4.79 Å². The molecule has 1 unspecified atom stereocenters. The number of methoxy groups -OCH3 is 1. The number of nitrogen functional groups attached to an aromatic ring is 1. The number of halogens is 1. The van der Waals surface area contributed by atoms with E-state index >= 15 is 4.39 Å². The Kier molecular flexibility index (Phi) is 6.43. The third-order valence-corrected chi connectivity index (χ3v) is 6.44. The standard InChI is InChI=1S/C24H30FN3O3/c1-16-18(4-5-19-20(16)15-31-24(19)29)21(25)14-28-11-9-27(10-12-28)8-7-17-3-6-22(26)23(13-17)30-2/h3-6,13,21H,7-12,14-15,26H2,1-2H3. The highest BCUT2D eigenvalue weighted by molar-refractivity contribution is 5.93. The van der Waals surface area contributed by atoms with Crippen LogP contribution < -0.4 is 10.5 Å². The molecule has 2 aliphatic heterocycles. The molecule has 4 rings (SSSR count). The van der Waals surface area contributed by atoms with Gasteiger partial charge < -0.3 is 20.1 Å². The Morgan fingerprint density at radius 1 is 1.16 bits per heavy atom. The lowest BCUT2D eigenvalue weighted by molar-refractivity contribution is 0.0535. The molecule has 0 aliphatic carbocycles. The summed E-state index contributed by atoms with van der Waals surface area (Å²) >= 11 is 0. The summed E-state index contributed by atoms with van der Waals surface area (Å²) in [5, 5.41) is 0. The van der Waals surface area contributed by atoms with Gasteiger partial charge in [-0.1, -0.05) is 12.1 Å². The number of esters is 1. The normalized spacial score (nSPS) is 18.0. The molecule has 6 nitrogen and oxygen atoms in total. The number of anilines is 1. The van der Waals surface area contributed by atoms with E-state index in [1.165, 1.54) is 5.56 Å². The van der Waals surface area contributed by atoms with Crippen LogP contribution in [0.15, 0.2) is 30.3 Å². The van der Waals surface area contributed by atoms with Crippen molar-refractivity contribution in [1.82, 2.24) is 9.80 Å². The van der Waals surface area contributed by atoms with E-state index in [0.717, 1.165) is 50.3 Å². The highest BCUT2D eigenvalue weighted by Gasteiger charge is 2.27. The number of carbonyl (C=O) groups excluding carboxylic acids is 1. The molecule has 1 saturated heterocycles. The van der Waals surface area contributed by atoms with Crippen molar-refractivity contribution < 1.29 is 18.7 Å². The van der Waals surface area contributed by atoms with E-state index in [-0.39, 0.29) is 12.6 Å². The number of ether oxygens (including phenoxy) is 2. The van der Waals surface area contributed by atoms with Gasteiger partial charge in [-0.2, -0.15) is 0 Å². The summed E-state index contributed by atoms with van der Waals surface area (Å²) in [6.45, 7) is 6.99. The molecule has 31 heavy (non-hydrogen) atoms.